The SMILES string of the molecule is CCOC(=O)c1c(OC(F)(F)F)cnc(CN)c1C. The van der Waals surface area contributed by atoms with Crippen LogP contribution in [-0.4, -0.2) is 23.9 Å². The summed E-state index contributed by atoms with van der Waals surface area (Å²) in [6.07, 6.45) is -4.10. The minimum atomic E-state index is -4.92. The highest BCUT2D eigenvalue weighted by atomic mass is 19.4. The molecule has 1 aromatic rings. The molecule has 0 atom stereocenters. The maximum Gasteiger partial charge on any atom is 0.573 e. The van der Waals surface area contributed by atoms with Crippen LogP contribution in [0.3, 0.4) is 0 Å². The molecule has 2 N–H and O–H groups in total. The lowest BCUT2D eigenvalue weighted by Gasteiger charge is -2.15. The van der Waals surface area contributed by atoms with E-state index in [4.69, 9.17) is 10.5 Å². The highest BCUT2D eigenvalue weighted by Crippen LogP contribution is 2.29. The van der Waals surface area contributed by atoms with Gasteiger partial charge in [-0.25, -0.2) is 4.79 Å². The van der Waals surface area contributed by atoms with Gasteiger partial charge in [0, 0.05) is 6.54 Å². The lowest BCUT2D eigenvalue weighted by molar-refractivity contribution is -0.274. The van der Waals surface area contributed by atoms with Crippen LogP contribution in [0.1, 0.15) is 28.5 Å². The molecule has 0 amide bonds. The average molecular weight is 278 g/mol. The third kappa shape index (κ3) is 3.82. The number of carbonyl (C=O) groups is 1. The molecule has 0 radical (unpaired) electrons. The quantitative estimate of drug-likeness (QED) is 0.852. The molecule has 0 spiro atoms. The van der Waals surface area contributed by atoms with Gasteiger partial charge in [-0.3, -0.25) is 4.98 Å². The zero-order chi connectivity index (χ0) is 14.6. The first kappa shape index (κ1) is 15.2. The number of esters is 1. The summed E-state index contributed by atoms with van der Waals surface area (Å²) >= 11 is 0. The minimum Gasteiger partial charge on any atom is -0.462 e. The summed E-state index contributed by atoms with van der Waals surface area (Å²) in [5.74, 6) is -1.60. The topological polar surface area (TPSA) is 74.4 Å². The van der Waals surface area contributed by atoms with Crippen molar-refractivity contribution in [3.8, 4) is 5.75 Å². The predicted molar refractivity (Wildman–Crippen MR) is 59.5 cm³/mol. The number of nitrogens with two attached hydrogens (primary N) is 1. The first-order valence-electron chi connectivity index (χ1n) is 5.41. The molecule has 8 heteroatoms. The molecule has 0 fully saturated rings. The second kappa shape index (κ2) is 5.87. The van der Waals surface area contributed by atoms with Crippen molar-refractivity contribution in [3.05, 3.63) is 23.0 Å². The van der Waals surface area contributed by atoms with E-state index in [-0.39, 0.29) is 24.3 Å². The first-order valence-corrected chi connectivity index (χ1v) is 5.41. The number of carbonyl (C=O) groups excluding carboxylic acids is 1. The van der Waals surface area contributed by atoms with Crippen LogP contribution in [0.5, 0.6) is 5.75 Å². The van der Waals surface area contributed by atoms with Crippen molar-refractivity contribution in [2.75, 3.05) is 6.61 Å². The number of aromatic nitrogens is 1. The maximum atomic E-state index is 12.3. The molecule has 5 nitrogen and oxygen atoms in total. The van der Waals surface area contributed by atoms with Crippen LogP contribution in [0.4, 0.5) is 13.2 Å². The summed E-state index contributed by atoms with van der Waals surface area (Å²) in [6, 6.07) is 0. The molecule has 0 aromatic carbocycles. The van der Waals surface area contributed by atoms with Gasteiger partial charge in [-0.1, -0.05) is 0 Å². The van der Waals surface area contributed by atoms with E-state index >= 15 is 0 Å². The van der Waals surface area contributed by atoms with E-state index in [0.717, 1.165) is 6.20 Å². The van der Waals surface area contributed by atoms with Crippen LogP contribution in [0.2, 0.25) is 0 Å². The second-order valence-corrected chi connectivity index (χ2v) is 3.54. The number of halogens is 3. The molecule has 0 aliphatic carbocycles. The number of ether oxygens (including phenoxy) is 2. The zero-order valence-electron chi connectivity index (χ0n) is 10.4. The van der Waals surface area contributed by atoms with E-state index in [9.17, 15) is 18.0 Å². The van der Waals surface area contributed by atoms with E-state index in [1.54, 1.807) is 6.92 Å². The Labute approximate surface area is 107 Å². The van der Waals surface area contributed by atoms with Gasteiger partial charge in [0.25, 0.3) is 0 Å². The second-order valence-electron chi connectivity index (χ2n) is 3.54. The average Bonchev–Trinajstić information content (AvgIpc) is 2.27. The number of pyridine rings is 1. The molecule has 0 aliphatic heterocycles. The molecular formula is C11H13F3N2O3. The molecule has 1 heterocycles. The van der Waals surface area contributed by atoms with Crippen LogP contribution in [-0.2, 0) is 11.3 Å². The summed E-state index contributed by atoms with van der Waals surface area (Å²) in [6.45, 7) is 3.00. The van der Waals surface area contributed by atoms with Gasteiger partial charge < -0.3 is 15.2 Å². The number of hydrogen-bond acceptors (Lipinski definition) is 5. The molecule has 0 bridgehead atoms. The van der Waals surface area contributed by atoms with E-state index in [1.807, 2.05) is 0 Å². The summed E-state index contributed by atoms with van der Waals surface area (Å²) in [5, 5.41) is 0. The fourth-order valence-electron chi connectivity index (χ4n) is 1.49. The largest absolute Gasteiger partial charge is 0.573 e. The van der Waals surface area contributed by atoms with Gasteiger partial charge in [0.05, 0.1) is 18.5 Å². The molecule has 1 aromatic heterocycles. The van der Waals surface area contributed by atoms with Crippen LogP contribution in [0, 0.1) is 6.92 Å². The summed E-state index contributed by atoms with van der Waals surface area (Å²) in [5.41, 5.74) is 5.60. The Morgan fingerprint density at radius 3 is 2.58 bits per heavy atom. The fourth-order valence-corrected chi connectivity index (χ4v) is 1.49. The van der Waals surface area contributed by atoms with Crippen molar-refractivity contribution in [1.82, 2.24) is 4.98 Å². The lowest BCUT2D eigenvalue weighted by atomic mass is 10.1. The molecule has 106 valence electrons. The predicted octanol–water partition coefficient (Wildman–Crippen LogP) is 1.92. The Hall–Kier alpha value is -1.83. The van der Waals surface area contributed by atoms with Gasteiger partial charge in [0.2, 0.25) is 0 Å². The van der Waals surface area contributed by atoms with Crippen molar-refractivity contribution in [2.45, 2.75) is 26.8 Å². The van der Waals surface area contributed by atoms with Crippen molar-refractivity contribution < 1.29 is 27.4 Å². The number of nitrogens with zero attached hydrogens (tertiary/aromatic N) is 1. The van der Waals surface area contributed by atoms with Crippen molar-refractivity contribution in [2.24, 2.45) is 5.73 Å². The van der Waals surface area contributed by atoms with Crippen LogP contribution >= 0.6 is 0 Å². The Morgan fingerprint density at radius 1 is 1.47 bits per heavy atom. The standard InChI is InChI=1S/C11H13F3N2O3/c1-3-18-10(17)9-6(2)7(4-15)16-5-8(9)19-11(12,13)14/h5H,3-4,15H2,1-2H3. The van der Waals surface area contributed by atoms with Crippen molar-refractivity contribution >= 4 is 5.97 Å². The normalized spacial score (nSPS) is 11.3. The Balaban J connectivity index is 3.30. The maximum absolute atomic E-state index is 12.3. The van der Waals surface area contributed by atoms with E-state index in [2.05, 4.69) is 9.72 Å². The Morgan fingerprint density at radius 2 is 2.11 bits per heavy atom. The van der Waals surface area contributed by atoms with Gasteiger partial charge in [0.1, 0.15) is 5.56 Å². The monoisotopic (exact) mass is 278 g/mol. The lowest BCUT2D eigenvalue weighted by Crippen LogP contribution is -2.21. The third-order valence-electron chi connectivity index (χ3n) is 2.29. The molecule has 1 rings (SSSR count). The third-order valence-corrected chi connectivity index (χ3v) is 2.29. The summed E-state index contributed by atoms with van der Waals surface area (Å²) in [7, 11) is 0. The highest BCUT2D eigenvalue weighted by molar-refractivity contribution is 5.94. The van der Waals surface area contributed by atoms with Crippen molar-refractivity contribution in [3.63, 3.8) is 0 Å². The molecule has 0 saturated heterocycles. The number of rotatable bonds is 4. The first-order chi connectivity index (χ1) is 8.80. The summed E-state index contributed by atoms with van der Waals surface area (Å²) < 4.78 is 45.3. The van der Waals surface area contributed by atoms with Gasteiger partial charge in [-0.15, -0.1) is 13.2 Å². The summed E-state index contributed by atoms with van der Waals surface area (Å²) in [4.78, 5) is 15.4. The van der Waals surface area contributed by atoms with Crippen molar-refractivity contribution in [1.29, 1.82) is 0 Å². The molecule has 0 aliphatic rings. The number of alkyl halides is 3. The minimum absolute atomic E-state index is 0.00939. The fraction of sp³-hybridized carbons (Fsp3) is 0.455. The molecule has 0 saturated carbocycles. The Kier molecular flexibility index (Phi) is 4.71. The van der Waals surface area contributed by atoms with Crippen LogP contribution in [0.25, 0.3) is 0 Å². The van der Waals surface area contributed by atoms with Gasteiger partial charge in [-0.2, -0.15) is 0 Å². The zero-order valence-corrected chi connectivity index (χ0v) is 10.4. The van der Waals surface area contributed by atoms with Gasteiger partial charge >= 0.3 is 12.3 Å². The molecular weight excluding hydrogens is 265 g/mol. The van der Waals surface area contributed by atoms with Crippen LogP contribution < -0.4 is 10.5 Å². The van der Waals surface area contributed by atoms with E-state index in [0.29, 0.717) is 5.69 Å². The van der Waals surface area contributed by atoms with Crippen LogP contribution in [0.15, 0.2) is 6.20 Å². The smallest absolute Gasteiger partial charge is 0.462 e. The number of hydrogen-bond donors (Lipinski definition) is 1. The van der Waals surface area contributed by atoms with Gasteiger partial charge in [-0.05, 0) is 19.4 Å². The molecule has 19 heavy (non-hydrogen) atoms. The van der Waals surface area contributed by atoms with E-state index < -0.39 is 18.1 Å². The van der Waals surface area contributed by atoms with Gasteiger partial charge in [0.15, 0.2) is 5.75 Å². The molecule has 0 unspecified atom stereocenters. The Bertz CT molecular complexity index is 475. The van der Waals surface area contributed by atoms with E-state index in [1.165, 1.54) is 6.92 Å². The highest BCUT2D eigenvalue weighted by Gasteiger charge is 2.34.